The zero-order valence-electron chi connectivity index (χ0n) is 14.4. The van der Waals surface area contributed by atoms with Crippen LogP contribution in [0.2, 0.25) is 0 Å². The molecule has 0 unspecified atom stereocenters. The first-order chi connectivity index (χ1) is 10.4. The molecule has 2 N–H and O–H groups in total. The third-order valence-corrected chi connectivity index (χ3v) is 3.43. The van der Waals surface area contributed by atoms with E-state index in [1.54, 1.807) is 24.1 Å². The Bertz CT molecular complexity index is 484. The van der Waals surface area contributed by atoms with Gasteiger partial charge in [0.1, 0.15) is 5.82 Å². The molecule has 0 saturated heterocycles. The molecule has 0 saturated carbocycles. The Morgan fingerprint density at radius 1 is 1.27 bits per heavy atom. The predicted molar refractivity (Wildman–Crippen MR) is 93.0 cm³/mol. The molecule has 4 nitrogen and oxygen atoms in total. The van der Waals surface area contributed by atoms with E-state index in [0.717, 1.165) is 30.4 Å². The highest BCUT2D eigenvalue weighted by molar-refractivity contribution is 5.79. The second-order valence-corrected chi connectivity index (χ2v) is 6.07. The van der Waals surface area contributed by atoms with Crippen LogP contribution in [0.4, 0.5) is 10.1 Å². The highest BCUT2D eigenvalue weighted by Crippen LogP contribution is 2.18. The number of nitrogens with zero attached hydrogens (tertiary/aromatic N) is 2. The van der Waals surface area contributed by atoms with Crippen LogP contribution in [0.5, 0.6) is 0 Å². The van der Waals surface area contributed by atoms with Gasteiger partial charge in [0.15, 0.2) is 5.96 Å². The van der Waals surface area contributed by atoms with Crippen LogP contribution in [0.15, 0.2) is 23.2 Å². The van der Waals surface area contributed by atoms with E-state index in [0.29, 0.717) is 12.2 Å². The summed E-state index contributed by atoms with van der Waals surface area (Å²) in [6, 6.07) is 5.29. The number of aliphatic imine (C=N–C) groups is 1. The maximum atomic E-state index is 13.9. The molecule has 1 aromatic rings. The molecule has 0 aliphatic rings. The first kappa shape index (κ1) is 18.3. The molecular weight excluding hydrogens is 279 g/mol. The summed E-state index contributed by atoms with van der Waals surface area (Å²) in [7, 11) is 5.41. The maximum Gasteiger partial charge on any atom is 0.191 e. The summed E-state index contributed by atoms with van der Waals surface area (Å²) in [4.78, 5) is 5.95. The molecule has 5 heteroatoms. The maximum absolute atomic E-state index is 13.9. The monoisotopic (exact) mass is 308 g/mol. The van der Waals surface area contributed by atoms with Crippen molar-refractivity contribution in [2.24, 2.45) is 10.9 Å². The van der Waals surface area contributed by atoms with Crippen molar-refractivity contribution in [3.05, 3.63) is 29.6 Å². The number of halogens is 1. The molecule has 0 bridgehead atoms. The Hall–Kier alpha value is -1.78. The van der Waals surface area contributed by atoms with E-state index < -0.39 is 0 Å². The summed E-state index contributed by atoms with van der Waals surface area (Å²) in [5.74, 6) is 1.26. The molecular formula is C17H29FN4. The summed E-state index contributed by atoms with van der Waals surface area (Å²) in [5.41, 5.74) is 1.49. The summed E-state index contributed by atoms with van der Waals surface area (Å²) < 4.78 is 13.9. The van der Waals surface area contributed by atoms with Crippen LogP contribution in [-0.4, -0.2) is 33.6 Å². The van der Waals surface area contributed by atoms with Crippen LogP contribution >= 0.6 is 0 Å². The first-order valence-electron chi connectivity index (χ1n) is 7.84. The fourth-order valence-corrected chi connectivity index (χ4v) is 2.15. The number of guanidine groups is 1. The lowest BCUT2D eigenvalue weighted by Gasteiger charge is -2.15. The third kappa shape index (κ3) is 6.33. The van der Waals surface area contributed by atoms with Gasteiger partial charge >= 0.3 is 0 Å². The largest absolute Gasteiger partial charge is 0.375 e. The van der Waals surface area contributed by atoms with Gasteiger partial charge in [-0.25, -0.2) is 4.39 Å². The van der Waals surface area contributed by atoms with Gasteiger partial charge in [0.25, 0.3) is 0 Å². The number of anilines is 1. The van der Waals surface area contributed by atoms with Crippen molar-refractivity contribution in [3.63, 3.8) is 0 Å². The van der Waals surface area contributed by atoms with Crippen molar-refractivity contribution in [2.45, 2.75) is 33.2 Å². The topological polar surface area (TPSA) is 39.7 Å². The van der Waals surface area contributed by atoms with Crippen molar-refractivity contribution < 1.29 is 4.39 Å². The van der Waals surface area contributed by atoms with Crippen LogP contribution in [0.3, 0.4) is 0 Å². The number of nitrogens with one attached hydrogen (secondary N) is 2. The molecule has 1 rings (SSSR count). The fourth-order valence-electron chi connectivity index (χ4n) is 2.15. The third-order valence-electron chi connectivity index (χ3n) is 3.43. The molecule has 124 valence electrons. The summed E-state index contributed by atoms with van der Waals surface area (Å²) >= 11 is 0. The lowest BCUT2D eigenvalue weighted by Crippen LogP contribution is -2.37. The molecule has 0 aliphatic heterocycles. The van der Waals surface area contributed by atoms with Crippen molar-refractivity contribution in [1.82, 2.24) is 10.6 Å². The van der Waals surface area contributed by atoms with Gasteiger partial charge in [-0.05, 0) is 36.5 Å². The van der Waals surface area contributed by atoms with E-state index in [-0.39, 0.29) is 5.82 Å². The van der Waals surface area contributed by atoms with Gasteiger partial charge in [-0.15, -0.1) is 0 Å². The molecule has 0 spiro atoms. The zero-order valence-corrected chi connectivity index (χ0v) is 14.4. The van der Waals surface area contributed by atoms with Gasteiger partial charge in [-0.2, -0.15) is 0 Å². The lowest BCUT2D eigenvalue weighted by atomic mass is 10.1. The molecule has 0 aromatic heterocycles. The molecule has 0 atom stereocenters. The minimum atomic E-state index is -0.204. The summed E-state index contributed by atoms with van der Waals surface area (Å²) in [6.07, 6.45) is 2.31. The van der Waals surface area contributed by atoms with E-state index in [1.165, 1.54) is 6.42 Å². The van der Waals surface area contributed by atoms with Crippen LogP contribution in [0.25, 0.3) is 0 Å². The molecule has 0 radical (unpaired) electrons. The number of hydrogen-bond donors (Lipinski definition) is 2. The Morgan fingerprint density at radius 3 is 2.55 bits per heavy atom. The second kappa shape index (κ2) is 9.28. The van der Waals surface area contributed by atoms with Gasteiger partial charge in [0.2, 0.25) is 0 Å². The summed E-state index contributed by atoms with van der Waals surface area (Å²) in [5, 5.41) is 6.48. The Morgan fingerprint density at radius 2 is 2.00 bits per heavy atom. The standard InChI is InChI=1S/C17H29FN4/c1-13(2)7-6-10-20-17(19-3)21-12-14-8-9-16(22(4)5)15(18)11-14/h8-9,11,13H,6-7,10,12H2,1-5H3,(H2,19,20,21). The minimum Gasteiger partial charge on any atom is -0.375 e. The van der Waals surface area contributed by atoms with E-state index in [1.807, 2.05) is 20.2 Å². The smallest absolute Gasteiger partial charge is 0.191 e. The second-order valence-electron chi connectivity index (χ2n) is 6.07. The number of hydrogen-bond acceptors (Lipinski definition) is 2. The van der Waals surface area contributed by atoms with Crippen molar-refractivity contribution in [1.29, 1.82) is 0 Å². The van der Waals surface area contributed by atoms with Gasteiger partial charge in [0, 0.05) is 34.2 Å². The van der Waals surface area contributed by atoms with Crippen molar-refractivity contribution in [2.75, 3.05) is 32.6 Å². The average Bonchev–Trinajstić information content (AvgIpc) is 2.46. The van der Waals surface area contributed by atoms with E-state index in [9.17, 15) is 4.39 Å². The van der Waals surface area contributed by atoms with Gasteiger partial charge < -0.3 is 15.5 Å². The zero-order chi connectivity index (χ0) is 16.5. The number of benzene rings is 1. The van der Waals surface area contributed by atoms with Crippen LogP contribution in [0, 0.1) is 11.7 Å². The Balaban J connectivity index is 2.45. The SMILES string of the molecule is CN=C(NCCCC(C)C)NCc1ccc(N(C)C)c(F)c1. The molecule has 1 aromatic carbocycles. The van der Waals surface area contributed by atoms with Crippen LogP contribution < -0.4 is 15.5 Å². The van der Waals surface area contributed by atoms with E-state index >= 15 is 0 Å². The van der Waals surface area contributed by atoms with E-state index in [4.69, 9.17) is 0 Å². The Kier molecular flexibility index (Phi) is 7.71. The molecule has 22 heavy (non-hydrogen) atoms. The molecule has 0 heterocycles. The van der Waals surface area contributed by atoms with E-state index in [2.05, 4.69) is 29.5 Å². The van der Waals surface area contributed by atoms with Gasteiger partial charge in [-0.1, -0.05) is 19.9 Å². The van der Waals surface area contributed by atoms with Crippen molar-refractivity contribution >= 4 is 11.6 Å². The number of rotatable bonds is 7. The molecule has 0 fully saturated rings. The van der Waals surface area contributed by atoms with Gasteiger partial charge in [0.05, 0.1) is 5.69 Å². The highest BCUT2D eigenvalue weighted by Gasteiger charge is 2.06. The minimum absolute atomic E-state index is 0.204. The Labute approximate surface area is 133 Å². The van der Waals surface area contributed by atoms with Gasteiger partial charge in [-0.3, -0.25) is 4.99 Å². The lowest BCUT2D eigenvalue weighted by molar-refractivity contribution is 0.549. The normalized spacial score (nSPS) is 11.7. The highest BCUT2D eigenvalue weighted by atomic mass is 19.1. The predicted octanol–water partition coefficient (Wildman–Crippen LogP) is 2.99. The van der Waals surface area contributed by atoms with Crippen LogP contribution in [0.1, 0.15) is 32.3 Å². The van der Waals surface area contributed by atoms with Crippen LogP contribution in [-0.2, 0) is 6.54 Å². The quantitative estimate of drug-likeness (QED) is 0.462. The molecule has 0 aliphatic carbocycles. The average molecular weight is 308 g/mol. The van der Waals surface area contributed by atoms with Crippen molar-refractivity contribution in [3.8, 4) is 0 Å². The fraction of sp³-hybridized carbons (Fsp3) is 0.588. The molecule has 0 amide bonds. The first-order valence-corrected chi connectivity index (χ1v) is 7.84. The summed E-state index contributed by atoms with van der Waals surface area (Å²) in [6.45, 7) is 5.89.